The van der Waals surface area contributed by atoms with Crippen molar-refractivity contribution in [2.75, 3.05) is 18.7 Å². The number of aromatic nitrogens is 2. The number of amides is 1. The Bertz CT molecular complexity index is 690. The molecule has 1 aromatic carbocycles. The molecule has 1 amide bonds. The molecule has 0 unspecified atom stereocenters. The van der Waals surface area contributed by atoms with Crippen LogP contribution in [0.5, 0.6) is 11.5 Å². The molecule has 2 heterocycles. The van der Waals surface area contributed by atoms with E-state index < -0.39 is 0 Å². The van der Waals surface area contributed by atoms with Crippen molar-refractivity contribution in [3.63, 3.8) is 0 Å². The largest absolute Gasteiger partial charge is 0.454 e. The lowest BCUT2D eigenvalue weighted by Crippen LogP contribution is -2.25. The van der Waals surface area contributed by atoms with Crippen molar-refractivity contribution in [3.05, 3.63) is 36.3 Å². The fraction of sp³-hybridized carbons (Fsp3) is 0.267. The zero-order chi connectivity index (χ0) is 15.4. The predicted octanol–water partition coefficient (Wildman–Crippen LogP) is 2.09. The molecule has 1 aliphatic heterocycles. The van der Waals surface area contributed by atoms with Gasteiger partial charge in [-0.25, -0.2) is 9.97 Å². The van der Waals surface area contributed by atoms with Gasteiger partial charge >= 0.3 is 0 Å². The van der Waals surface area contributed by atoms with E-state index in [-0.39, 0.29) is 12.7 Å². The van der Waals surface area contributed by atoms with Crippen LogP contribution in [0, 0.1) is 0 Å². The summed E-state index contributed by atoms with van der Waals surface area (Å²) in [4.78, 5) is 20.0. The van der Waals surface area contributed by atoms with Crippen molar-refractivity contribution in [1.29, 1.82) is 0 Å². The lowest BCUT2D eigenvalue weighted by atomic mass is 10.2. The van der Waals surface area contributed by atoms with Crippen molar-refractivity contribution < 1.29 is 14.3 Å². The molecule has 0 radical (unpaired) electrons. The van der Waals surface area contributed by atoms with Crippen LogP contribution in [0.25, 0.3) is 0 Å². The van der Waals surface area contributed by atoms with Gasteiger partial charge in [0.15, 0.2) is 11.5 Å². The highest BCUT2D eigenvalue weighted by atomic mass is 16.7. The summed E-state index contributed by atoms with van der Waals surface area (Å²) >= 11 is 0. The third-order valence-corrected chi connectivity index (χ3v) is 3.08. The van der Waals surface area contributed by atoms with Crippen LogP contribution in [0.4, 0.5) is 11.5 Å². The first kappa shape index (κ1) is 14.1. The third kappa shape index (κ3) is 3.08. The molecule has 22 heavy (non-hydrogen) atoms. The molecule has 0 aliphatic carbocycles. The van der Waals surface area contributed by atoms with Crippen molar-refractivity contribution in [3.8, 4) is 11.5 Å². The van der Waals surface area contributed by atoms with E-state index >= 15 is 0 Å². The molecule has 0 saturated carbocycles. The van der Waals surface area contributed by atoms with Crippen molar-refractivity contribution in [1.82, 2.24) is 15.3 Å². The smallest absolute Gasteiger partial charge is 0.270 e. The highest BCUT2D eigenvalue weighted by molar-refractivity contribution is 5.92. The summed E-state index contributed by atoms with van der Waals surface area (Å²) in [6, 6.07) is 7.10. The van der Waals surface area contributed by atoms with E-state index in [0.29, 0.717) is 29.6 Å². The molecule has 0 bridgehead atoms. The molecular weight excluding hydrogens is 284 g/mol. The highest BCUT2D eigenvalue weighted by Gasteiger charge is 2.14. The van der Waals surface area contributed by atoms with Crippen LogP contribution >= 0.6 is 0 Å². The summed E-state index contributed by atoms with van der Waals surface area (Å²) in [6.45, 7) is 2.84. The Balaban J connectivity index is 1.74. The molecule has 2 aromatic rings. The molecule has 0 fully saturated rings. The minimum Gasteiger partial charge on any atom is -0.454 e. The van der Waals surface area contributed by atoms with Crippen molar-refractivity contribution in [2.24, 2.45) is 0 Å². The average molecular weight is 300 g/mol. The van der Waals surface area contributed by atoms with Crippen LogP contribution in [0.3, 0.4) is 0 Å². The van der Waals surface area contributed by atoms with Gasteiger partial charge in [-0.1, -0.05) is 6.92 Å². The maximum atomic E-state index is 11.9. The summed E-state index contributed by atoms with van der Waals surface area (Å²) < 4.78 is 10.6. The number of nitrogens with one attached hydrogen (secondary N) is 2. The van der Waals surface area contributed by atoms with Gasteiger partial charge in [0.25, 0.3) is 5.91 Å². The van der Waals surface area contributed by atoms with Crippen LogP contribution in [0.15, 0.2) is 30.6 Å². The Morgan fingerprint density at radius 3 is 2.95 bits per heavy atom. The van der Waals surface area contributed by atoms with Gasteiger partial charge in [-0.3, -0.25) is 4.79 Å². The highest BCUT2D eigenvalue weighted by Crippen LogP contribution is 2.34. The first-order valence-corrected chi connectivity index (χ1v) is 7.03. The predicted molar refractivity (Wildman–Crippen MR) is 80.5 cm³/mol. The minimum absolute atomic E-state index is 0.210. The summed E-state index contributed by atoms with van der Waals surface area (Å²) in [6.07, 6.45) is 2.23. The Labute approximate surface area is 127 Å². The zero-order valence-corrected chi connectivity index (χ0v) is 12.1. The summed E-state index contributed by atoms with van der Waals surface area (Å²) in [5.41, 5.74) is 1.12. The molecule has 3 rings (SSSR count). The van der Waals surface area contributed by atoms with Crippen LogP contribution in [0.2, 0.25) is 0 Å². The number of rotatable bonds is 5. The number of nitrogens with zero attached hydrogens (tertiary/aromatic N) is 2. The van der Waals surface area contributed by atoms with Crippen LogP contribution in [-0.2, 0) is 0 Å². The maximum Gasteiger partial charge on any atom is 0.270 e. The third-order valence-electron chi connectivity index (χ3n) is 3.08. The SMILES string of the molecule is CCCNC(=O)c1cc(Nc2ccc3c(c2)OCO3)ncn1. The number of carbonyl (C=O) groups excluding carboxylic acids is 1. The second kappa shape index (κ2) is 6.30. The van der Waals surface area contributed by atoms with Gasteiger partial charge in [-0.15, -0.1) is 0 Å². The molecule has 0 spiro atoms. The Morgan fingerprint density at radius 2 is 2.09 bits per heavy atom. The minimum atomic E-state index is -0.210. The van der Waals surface area contributed by atoms with Crippen LogP contribution in [-0.4, -0.2) is 29.2 Å². The zero-order valence-electron chi connectivity index (χ0n) is 12.1. The average Bonchev–Trinajstić information content (AvgIpc) is 3.00. The van der Waals surface area contributed by atoms with Crippen LogP contribution in [0.1, 0.15) is 23.8 Å². The number of ether oxygens (including phenoxy) is 2. The molecule has 7 nitrogen and oxygen atoms in total. The molecule has 0 atom stereocenters. The number of hydrogen-bond acceptors (Lipinski definition) is 6. The number of benzene rings is 1. The standard InChI is InChI=1S/C15H16N4O3/c1-2-5-16-15(20)11-7-14(18-8-17-11)19-10-3-4-12-13(6-10)22-9-21-12/h3-4,6-8H,2,5,9H2,1H3,(H,16,20)(H,17,18,19). The molecule has 1 aliphatic rings. The van der Waals surface area contributed by atoms with E-state index in [1.165, 1.54) is 6.33 Å². The van der Waals surface area contributed by atoms with Gasteiger partial charge in [-0.05, 0) is 18.6 Å². The van der Waals surface area contributed by atoms with Crippen molar-refractivity contribution >= 4 is 17.4 Å². The number of anilines is 2. The van der Waals surface area contributed by atoms with Crippen LogP contribution < -0.4 is 20.1 Å². The first-order valence-electron chi connectivity index (χ1n) is 7.03. The Morgan fingerprint density at radius 1 is 1.23 bits per heavy atom. The number of hydrogen-bond donors (Lipinski definition) is 2. The monoisotopic (exact) mass is 300 g/mol. The number of fused-ring (bicyclic) bond motifs is 1. The summed E-state index contributed by atoms with van der Waals surface area (Å²) in [5.74, 6) is 1.72. The van der Waals surface area contributed by atoms with Crippen molar-refractivity contribution in [2.45, 2.75) is 13.3 Å². The molecule has 114 valence electrons. The second-order valence-corrected chi connectivity index (χ2v) is 4.74. The van der Waals surface area contributed by atoms with Gasteiger partial charge in [0.1, 0.15) is 17.8 Å². The van der Waals surface area contributed by atoms with Gasteiger partial charge in [0, 0.05) is 24.4 Å². The summed E-state index contributed by atoms with van der Waals surface area (Å²) in [5, 5.41) is 5.90. The van der Waals surface area contributed by atoms with E-state index in [0.717, 1.165) is 12.1 Å². The van der Waals surface area contributed by atoms with Gasteiger partial charge in [0.05, 0.1) is 0 Å². The van der Waals surface area contributed by atoms with E-state index in [1.54, 1.807) is 6.07 Å². The normalized spacial score (nSPS) is 12.0. The molecule has 0 saturated heterocycles. The summed E-state index contributed by atoms with van der Waals surface area (Å²) in [7, 11) is 0. The fourth-order valence-electron chi connectivity index (χ4n) is 2.00. The van der Waals surface area contributed by atoms with Gasteiger partial charge in [0.2, 0.25) is 6.79 Å². The Kier molecular flexibility index (Phi) is 4.04. The van der Waals surface area contributed by atoms with E-state index in [9.17, 15) is 4.79 Å². The molecule has 7 heteroatoms. The lowest BCUT2D eigenvalue weighted by Gasteiger charge is -2.08. The van der Waals surface area contributed by atoms with E-state index in [4.69, 9.17) is 9.47 Å². The maximum absolute atomic E-state index is 11.9. The number of carbonyl (C=O) groups is 1. The first-order chi connectivity index (χ1) is 10.8. The molecular formula is C15H16N4O3. The van der Waals surface area contributed by atoms with Gasteiger partial charge < -0.3 is 20.1 Å². The van der Waals surface area contributed by atoms with E-state index in [1.807, 2.05) is 25.1 Å². The second-order valence-electron chi connectivity index (χ2n) is 4.74. The van der Waals surface area contributed by atoms with Gasteiger partial charge in [-0.2, -0.15) is 0 Å². The topological polar surface area (TPSA) is 85.4 Å². The Hall–Kier alpha value is -2.83. The quantitative estimate of drug-likeness (QED) is 0.879. The fourth-order valence-corrected chi connectivity index (χ4v) is 2.00. The molecule has 2 N–H and O–H groups in total. The van der Waals surface area contributed by atoms with E-state index in [2.05, 4.69) is 20.6 Å². The lowest BCUT2D eigenvalue weighted by molar-refractivity contribution is 0.0948. The molecule has 1 aromatic heterocycles.